The second-order valence-corrected chi connectivity index (χ2v) is 2.71. The highest BCUT2D eigenvalue weighted by Gasteiger charge is 2.18. The third-order valence-corrected chi connectivity index (χ3v) is 1.84. The van der Waals surface area contributed by atoms with Crippen LogP contribution in [0.3, 0.4) is 0 Å². The summed E-state index contributed by atoms with van der Waals surface area (Å²) in [5.74, 6) is 0.365. The Bertz CT molecular complexity index is 118. The molecule has 0 unspecified atom stereocenters. The molecule has 0 aromatic carbocycles. The minimum absolute atomic E-state index is 0.228. The van der Waals surface area contributed by atoms with Gasteiger partial charge in [0.2, 0.25) is 0 Å². The molecule has 0 aromatic rings. The number of carbonyl (C=O) groups is 1. The van der Waals surface area contributed by atoms with Crippen molar-refractivity contribution in [1.82, 2.24) is 0 Å². The van der Waals surface area contributed by atoms with E-state index in [0.29, 0.717) is 12.2 Å². The van der Waals surface area contributed by atoms with Crippen LogP contribution in [0.2, 0.25) is 0 Å². The predicted molar refractivity (Wildman–Crippen MR) is 38.9 cm³/mol. The number of ether oxygens (including phenoxy) is 1. The van der Waals surface area contributed by atoms with Gasteiger partial charge >= 0.3 is 0 Å². The van der Waals surface area contributed by atoms with Gasteiger partial charge in [-0.15, -0.1) is 0 Å². The smallest absolute Gasteiger partial charge is 0.135 e. The molecule has 0 aromatic heterocycles. The molecule has 1 rings (SSSR count). The van der Waals surface area contributed by atoms with Crippen LogP contribution in [0, 0.1) is 0 Å². The highest BCUT2D eigenvalue weighted by Crippen LogP contribution is 2.17. The zero-order valence-electron chi connectivity index (χ0n) is 6.43. The summed E-state index contributed by atoms with van der Waals surface area (Å²) in [5.41, 5.74) is 0. The van der Waals surface area contributed by atoms with Gasteiger partial charge in [-0.25, -0.2) is 0 Å². The Morgan fingerprint density at radius 1 is 1.70 bits per heavy atom. The standard InChI is InChI=1S/C8H14O2/c1-2-10-8-5-3-4-7(9)6-8/h8H,2-6H2,1H3/t8-/m1/s1. The summed E-state index contributed by atoms with van der Waals surface area (Å²) in [7, 11) is 0. The van der Waals surface area contributed by atoms with Gasteiger partial charge in [-0.3, -0.25) is 4.79 Å². The van der Waals surface area contributed by atoms with E-state index in [1.165, 1.54) is 0 Å². The van der Waals surface area contributed by atoms with Gasteiger partial charge in [0.25, 0.3) is 0 Å². The van der Waals surface area contributed by atoms with E-state index in [-0.39, 0.29) is 6.10 Å². The van der Waals surface area contributed by atoms with Crippen LogP contribution < -0.4 is 0 Å². The Balaban J connectivity index is 2.25. The van der Waals surface area contributed by atoms with E-state index >= 15 is 0 Å². The van der Waals surface area contributed by atoms with Crippen molar-refractivity contribution >= 4 is 5.78 Å². The van der Waals surface area contributed by atoms with Gasteiger partial charge in [0.1, 0.15) is 5.78 Å². The fourth-order valence-electron chi connectivity index (χ4n) is 1.36. The van der Waals surface area contributed by atoms with Crippen LogP contribution in [0.15, 0.2) is 0 Å². The summed E-state index contributed by atoms with van der Waals surface area (Å²) in [5, 5.41) is 0. The second-order valence-electron chi connectivity index (χ2n) is 2.71. The fraction of sp³-hybridized carbons (Fsp3) is 0.875. The normalized spacial score (nSPS) is 26.9. The summed E-state index contributed by atoms with van der Waals surface area (Å²) >= 11 is 0. The zero-order chi connectivity index (χ0) is 7.40. The lowest BCUT2D eigenvalue weighted by atomic mass is 9.96. The molecule has 1 saturated carbocycles. The molecule has 0 bridgehead atoms. The minimum atomic E-state index is 0.228. The Morgan fingerprint density at radius 2 is 2.50 bits per heavy atom. The van der Waals surface area contributed by atoms with Gasteiger partial charge in [0.15, 0.2) is 0 Å². The van der Waals surface area contributed by atoms with Gasteiger partial charge in [-0.05, 0) is 19.8 Å². The van der Waals surface area contributed by atoms with Crippen molar-refractivity contribution in [1.29, 1.82) is 0 Å². The van der Waals surface area contributed by atoms with E-state index < -0.39 is 0 Å². The van der Waals surface area contributed by atoms with Crippen LogP contribution in [0.1, 0.15) is 32.6 Å². The largest absolute Gasteiger partial charge is 0.378 e. The predicted octanol–water partition coefficient (Wildman–Crippen LogP) is 1.53. The maximum atomic E-state index is 10.9. The molecular weight excluding hydrogens is 128 g/mol. The van der Waals surface area contributed by atoms with Crippen LogP contribution in [0.25, 0.3) is 0 Å². The molecular formula is C8H14O2. The molecule has 0 radical (unpaired) electrons. The maximum Gasteiger partial charge on any atom is 0.135 e. The monoisotopic (exact) mass is 142 g/mol. The molecule has 1 aliphatic rings. The number of Topliss-reactive ketones (excluding diaryl/α,β-unsaturated/α-hetero) is 1. The Kier molecular flexibility index (Phi) is 2.87. The number of hydrogen-bond acceptors (Lipinski definition) is 2. The molecule has 0 N–H and O–H groups in total. The van der Waals surface area contributed by atoms with Crippen LogP contribution in [0.4, 0.5) is 0 Å². The molecule has 0 saturated heterocycles. The van der Waals surface area contributed by atoms with E-state index in [0.717, 1.165) is 25.9 Å². The van der Waals surface area contributed by atoms with Gasteiger partial charge in [0.05, 0.1) is 6.10 Å². The first-order chi connectivity index (χ1) is 4.83. The van der Waals surface area contributed by atoms with Gasteiger partial charge in [0, 0.05) is 19.4 Å². The molecule has 0 aliphatic heterocycles. The summed E-state index contributed by atoms with van der Waals surface area (Å²) in [6, 6.07) is 0. The van der Waals surface area contributed by atoms with E-state index in [1.54, 1.807) is 0 Å². The lowest BCUT2D eigenvalue weighted by Gasteiger charge is -2.19. The first-order valence-corrected chi connectivity index (χ1v) is 3.96. The highest BCUT2D eigenvalue weighted by atomic mass is 16.5. The van der Waals surface area contributed by atoms with E-state index in [4.69, 9.17) is 4.74 Å². The summed E-state index contributed by atoms with van der Waals surface area (Å²) in [6.07, 6.45) is 3.73. The molecule has 2 nitrogen and oxygen atoms in total. The van der Waals surface area contributed by atoms with Crippen molar-refractivity contribution < 1.29 is 9.53 Å². The van der Waals surface area contributed by atoms with Crippen molar-refractivity contribution in [2.45, 2.75) is 38.7 Å². The minimum Gasteiger partial charge on any atom is -0.378 e. The number of rotatable bonds is 2. The van der Waals surface area contributed by atoms with E-state index in [1.807, 2.05) is 6.92 Å². The second kappa shape index (κ2) is 3.71. The molecule has 2 heteroatoms. The number of hydrogen-bond donors (Lipinski definition) is 0. The first-order valence-electron chi connectivity index (χ1n) is 3.96. The Hall–Kier alpha value is -0.370. The number of ketones is 1. The van der Waals surface area contributed by atoms with Gasteiger partial charge in [-0.2, -0.15) is 0 Å². The van der Waals surface area contributed by atoms with E-state index in [9.17, 15) is 4.79 Å². The average molecular weight is 142 g/mol. The zero-order valence-corrected chi connectivity index (χ0v) is 6.43. The summed E-state index contributed by atoms with van der Waals surface area (Å²) < 4.78 is 5.33. The Morgan fingerprint density at radius 3 is 3.10 bits per heavy atom. The molecule has 0 heterocycles. The van der Waals surface area contributed by atoms with Crippen LogP contribution in [0.5, 0.6) is 0 Å². The Labute approximate surface area is 61.6 Å². The first kappa shape index (κ1) is 7.73. The molecule has 1 fully saturated rings. The number of carbonyl (C=O) groups excluding carboxylic acids is 1. The molecule has 1 aliphatic carbocycles. The average Bonchev–Trinajstić information content (AvgIpc) is 1.88. The quantitative estimate of drug-likeness (QED) is 0.584. The summed E-state index contributed by atoms with van der Waals surface area (Å²) in [4.78, 5) is 10.9. The molecule has 0 spiro atoms. The van der Waals surface area contributed by atoms with Gasteiger partial charge in [-0.1, -0.05) is 0 Å². The highest BCUT2D eigenvalue weighted by molar-refractivity contribution is 5.79. The summed E-state index contributed by atoms with van der Waals surface area (Å²) in [6.45, 7) is 2.71. The van der Waals surface area contributed by atoms with Crippen LogP contribution in [-0.4, -0.2) is 18.5 Å². The van der Waals surface area contributed by atoms with Crippen molar-refractivity contribution in [2.75, 3.05) is 6.61 Å². The van der Waals surface area contributed by atoms with Crippen LogP contribution in [-0.2, 0) is 9.53 Å². The van der Waals surface area contributed by atoms with Crippen LogP contribution >= 0.6 is 0 Å². The SMILES string of the molecule is CCO[C@@H]1CCCC(=O)C1. The fourth-order valence-corrected chi connectivity index (χ4v) is 1.36. The van der Waals surface area contributed by atoms with E-state index in [2.05, 4.69) is 0 Å². The van der Waals surface area contributed by atoms with Crippen molar-refractivity contribution in [3.8, 4) is 0 Å². The topological polar surface area (TPSA) is 26.3 Å². The maximum absolute atomic E-state index is 10.9. The molecule has 10 heavy (non-hydrogen) atoms. The van der Waals surface area contributed by atoms with Crippen molar-refractivity contribution in [3.05, 3.63) is 0 Å². The lowest BCUT2D eigenvalue weighted by Crippen LogP contribution is -2.22. The molecule has 1 atom stereocenters. The third kappa shape index (κ3) is 2.10. The van der Waals surface area contributed by atoms with Crippen molar-refractivity contribution in [2.24, 2.45) is 0 Å². The molecule has 58 valence electrons. The lowest BCUT2D eigenvalue weighted by molar-refractivity contribution is -0.124. The molecule has 0 amide bonds. The van der Waals surface area contributed by atoms with Gasteiger partial charge < -0.3 is 4.74 Å². The third-order valence-electron chi connectivity index (χ3n) is 1.84. The van der Waals surface area contributed by atoms with Crippen molar-refractivity contribution in [3.63, 3.8) is 0 Å².